The minimum absolute atomic E-state index is 0.0402. The number of nitrogens with zero attached hydrogens (tertiary/aromatic N) is 2. The molecule has 2 aromatic carbocycles. The van der Waals surface area contributed by atoms with Crippen molar-refractivity contribution in [3.63, 3.8) is 0 Å². The SMILES string of the molecule is COc1ccc(S(=O)(=O)N[C@@H](C)c2ccc(N3CCC[C@H](C)C3)cc2)cc1N1C(=O)CCC1=O. The van der Waals surface area contributed by atoms with E-state index in [1.165, 1.54) is 38.2 Å². The Kier molecular flexibility index (Phi) is 6.95. The van der Waals surface area contributed by atoms with Gasteiger partial charge in [0.25, 0.3) is 0 Å². The molecule has 2 aliphatic rings. The van der Waals surface area contributed by atoms with E-state index in [4.69, 9.17) is 4.74 Å². The number of amides is 2. The molecule has 34 heavy (non-hydrogen) atoms. The van der Waals surface area contributed by atoms with Crippen LogP contribution >= 0.6 is 0 Å². The smallest absolute Gasteiger partial charge is 0.241 e. The number of benzene rings is 2. The molecule has 8 nitrogen and oxygen atoms in total. The fourth-order valence-electron chi connectivity index (χ4n) is 4.62. The Morgan fingerprint density at radius 1 is 1.06 bits per heavy atom. The zero-order valence-electron chi connectivity index (χ0n) is 19.8. The molecule has 0 saturated carbocycles. The lowest BCUT2D eigenvalue weighted by atomic mass is 9.99. The molecule has 2 saturated heterocycles. The fraction of sp³-hybridized carbons (Fsp3) is 0.440. The molecule has 0 aliphatic carbocycles. The van der Waals surface area contributed by atoms with Crippen molar-refractivity contribution in [3.8, 4) is 5.75 Å². The number of imide groups is 1. The van der Waals surface area contributed by atoms with Crippen molar-refractivity contribution < 1.29 is 22.7 Å². The molecule has 2 fully saturated rings. The summed E-state index contributed by atoms with van der Waals surface area (Å²) in [6.45, 7) is 6.11. The standard InChI is InChI=1S/C25H31N3O5S/c1-17-5-4-14-27(16-17)20-8-6-19(7-9-20)18(2)26-34(31,32)21-10-11-23(33-3)22(15-21)28-24(29)12-13-25(28)30/h6-11,15,17-18,26H,4-5,12-14,16H2,1-3H3/t17-,18-/m0/s1. The van der Waals surface area contributed by atoms with Gasteiger partial charge < -0.3 is 9.64 Å². The predicted molar refractivity (Wildman–Crippen MR) is 131 cm³/mol. The third-order valence-electron chi connectivity index (χ3n) is 6.50. The summed E-state index contributed by atoms with van der Waals surface area (Å²) in [5.41, 5.74) is 2.13. The number of hydrogen-bond donors (Lipinski definition) is 1. The van der Waals surface area contributed by atoms with Gasteiger partial charge in [-0.15, -0.1) is 0 Å². The van der Waals surface area contributed by atoms with Crippen molar-refractivity contribution in [3.05, 3.63) is 48.0 Å². The highest BCUT2D eigenvalue weighted by molar-refractivity contribution is 7.89. The molecule has 2 atom stereocenters. The van der Waals surface area contributed by atoms with Crippen molar-refractivity contribution >= 4 is 33.2 Å². The minimum Gasteiger partial charge on any atom is -0.495 e. The molecule has 0 radical (unpaired) electrons. The quantitative estimate of drug-likeness (QED) is 0.602. The maximum absolute atomic E-state index is 13.1. The first-order valence-corrected chi connectivity index (χ1v) is 13.1. The number of anilines is 2. The van der Waals surface area contributed by atoms with Crippen LogP contribution in [-0.2, 0) is 19.6 Å². The molecular weight excluding hydrogens is 454 g/mol. The topological polar surface area (TPSA) is 96.0 Å². The van der Waals surface area contributed by atoms with Crippen molar-refractivity contribution in [2.75, 3.05) is 30.0 Å². The number of nitrogens with one attached hydrogen (secondary N) is 1. The molecule has 2 aliphatic heterocycles. The fourth-order valence-corrected chi connectivity index (χ4v) is 5.88. The van der Waals surface area contributed by atoms with Gasteiger partial charge in [0, 0.05) is 37.7 Å². The number of ether oxygens (including phenoxy) is 1. The lowest BCUT2D eigenvalue weighted by Gasteiger charge is -2.33. The van der Waals surface area contributed by atoms with Gasteiger partial charge in [-0.25, -0.2) is 18.0 Å². The van der Waals surface area contributed by atoms with E-state index in [1.807, 2.05) is 24.3 Å². The summed E-state index contributed by atoms with van der Waals surface area (Å²) >= 11 is 0. The molecule has 2 aromatic rings. The van der Waals surface area contributed by atoms with Crippen LogP contribution in [0.2, 0.25) is 0 Å². The van der Waals surface area contributed by atoms with Crippen LogP contribution in [-0.4, -0.2) is 40.4 Å². The first kappa shape index (κ1) is 24.2. The molecule has 0 bridgehead atoms. The van der Waals surface area contributed by atoms with E-state index in [1.54, 1.807) is 6.92 Å². The van der Waals surface area contributed by atoms with E-state index in [2.05, 4.69) is 16.5 Å². The highest BCUT2D eigenvalue weighted by Crippen LogP contribution is 2.34. The molecule has 182 valence electrons. The van der Waals surface area contributed by atoms with Crippen LogP contribution in [0.25, 0.3) is 0 Å². The van der Waals surface area contributed by atoms with Gasteiger partial charge in [-0.1, -0.05) is 19.1 Å². The maximum Gasteiger partial charge on any atom is 0.241 e. The van der Waals surface area contributed by atoms with E-state index < -0.39 is 16.1 Å². The second kappa shape index (κ2) is 9.76. The lowest BCUT2D eigenvalue weighted by Crippen LogP contribution is -2.34. The van der Waals surface area contributed by atoms with Gasteiger partial charge in [0.15, 0.2) is 0 Å². The molecule has 0 unspecified atom stereocenters. The van der Waals surface area contributed by atoms with Crippen LogP contribution in [0.4, 0.5) is 11.4 Å². The van der Waals surface area contributed by atoms with Crippen molar-refractivity contribution in [2.45, 2.75) is 50.5 Å². The summed E-state index contributed by atoms with van der Waals surface area (Å²) in [6.07, 6.45) is 2.62. The summed E-state index contributed by atoms with van der Waals surface area (Å²) in [4.78, 5) is 27.8. The zero-order chi connectivity index (χ0) is 24.5. The zero-order valence-corrected chi connectivity index (χ0v) is 20.6. The molecule has 9 heteroatoms. The lowest BCUT2D eigenvalue weighted by molar-refractivity contribution is -0.121. The first-order valence-electron chi connectivity index (χ1n) is 11.6. The van der Waals surface area contributed by atoms with Crippen LogP contribution in [0, 0.1) is 5.92 Å². The summed E-state index contributed by atoms with van der Waals surface area (Å²) in [5, 5.41) is 0. The monoisotopic (exact) mass is 485 g/mol. The van der Waals surface area contributed by atoms with Gasteiger partial charge in [0.05, 0.1) is 17.7 Å². The number of piperidine rings is 1. The van der Waals surface area contributed by atoms with Crippen LogP contribution in [0.5, 0.6) is 5.75 Å². The first-order chi connectivity index (χ1) is 16.2. The summed E-state index contributed by atoms with van der Waals surface area (Å²) < 4.78 is 34.3. The van der Waals surface area contributed by atoms with Crippen LogP contribution < -0.4 is 19.3 Å². The van der Waals surface area contributed by atoms with Crippen LogP contribution in [0.1, 0.15) is 51.1 Å². The van der Waals surface area contributed by atoms with Gasteiger partial charge in [0.1, 0.15) is 5.75 Å². The van der Waals surface area contributed by atoms with Gasteiger partial charge in [-0.05, 0) is 61.6 Å². The van der Waals surface area contributed by atoms with E-state index in [0.29, 0.717) is 5.92 Å². The van der Waals surface area contributed by atoms with Gasteiger partial charge >= 0.3 is 0 Å². The number of rotatable bonds is 7. The maximum atomic E-state index is 13.1. The largest absolute Gasteiger partial charge is 0.495 e. The third kappa shape index (κ3) is 4.95. The highest BCUT2D eigenvalue weighted by atomic mass is 32.2. The Balaban J connectivity index is 1.53. The predicted octanol–water partition coefficient (Wildman–Crippen LogP) is 3.62. The molecule has 1 N–H and O–H groups in total. The van der Waals surface area contributed by atoms with E-state index in [0.717, 1.165) is 29.2 Å². The highest BCUT2D eigenvalue weighted by Gasteiger charge is 2.33. The van der Waals surface area contributed by atoms with Gasteiger partial charge in [-0.3, -0.25) is 9.59 Å². The normalized spacial score (nSPS) is 20.0. The summed E-state index contributed by atoms with van der Waals surface area (Å²) in [6, 6.07) is 11.7. The Hall–Kier alpha value is -2.91. The Labute approximate surface area is 200 Å². The van der Waals surface area contributed by atoms with E-state index >= 15 is 0 Å². The second-order valence-corrected chi connectivity index (χ2v) is 10.8. The average Bonchev–Trinajstić information content (AvgIpc) is 3.16. The summed E-state index contributed by atoms with van der Waals surface area (Å²) in [5.74, 6) is 0.183. The Bertz CT molecular complexity index is 1160. The Morgan fingerprint density at radius 2 is 1.74 bits per heavy atom. The molecular formula is C25H31N3O5S. The molecule has 2 heterocycles. The minimum atomic E-state index is -3.92. The molecule has 0 spiro atoms. The van der Waals surface area contributed by atoms with E-state index in [-0.39, 0.29) is 41.0 Å². The number of hydrogen-bond acceptors (Lipinski definition) is 6. The number of carbonyl (C=O) groups is 2. The van der Waals surface area contributed by atoms with Crippen LogP contribution in [0.3, 0.4) is 0 Å². The number of methoxy groups -OCH3 is 1. The summed E-state index contributed by atoms with van der Waals surface area (Å²) in [7, 11) is -2.51. The number of carbonyl (C=O) groups excluding carboxylic acids is 2. The van der Waals surface area contributed by atoms with Gasteiger partial charge in [-0.2, -0.15) is 0 Å². The average molecular weight is 486 g/mol. The molecule has 0 aromatic heterocycles. The molecule has 4 rings (SSSR count). The van der Waals surface area contributed by atoms with Crippen molar-refractivity contribution in [1.29, 1.82) is 0 Å². The van der Waals surface area contributed by atoms with E-state index in [9.17, 15) is 18.0 Å². The van der Waals surface area contributed by atoms with Crippen molar-refractivity contribution in [2.24, 2.45) is 5.92 Å². The third-order valence-corrected chi connectivity index (χ3v) is 8.04. The number of sulfonamides is 1. The van der Waals surface area contributed by atoms with Crippen LogP contribution in [0.15, 0.2) is 47.4 Å². The van der Waals surface area contributed by atoms with Gasteiger partial charge in [0.2, 0.25) is 21.8 Å². The second-order valence-electron chi connectivity index (χ2n) is 9.08. The van der Waals surface area contributed by atoms with Crippen molar-refractivity contribution in [1.82, 2.24) is 4.72 Å². The Morgan fingerprint density at radius 3 is 2.35 bits per heavy atom. The molecule has 2 amide bonds.